The molecule has 1 aliphatic heterocycles. The molecule has 1 aromatic heterocycles. The Kier molecular flexibility index (Phi) is 6.26. The van der Waals surface area contributed by atoms with Gasteiger partial charge in [0.05, 0.1) is 11.0 Å². The van der Waals surface area contributed by atoms with Crippen LogP contribution >= 0.6 is 12.2 Å². The molecule has 6 heteroatoms. The maximum Gasteiger partial charge on any atom is 0.326 e. The van der Waals surface area contributed by atoms with E-state index in [-0.39, 0.29) is 17.6 Å². The summed E-state index contributed by atoms with van der Waals surface area (Å²) in [5.41, 5.74) is 4.40. The highest BCUT2D eigenvalue weighted by Gasteiger charge is 2.25. The van der Waals surface area contributed by atoms with Gasteiger partial charge in [0, 0.05) is 31.6 Å². The molecule has 2 heterocycles. The van der Waals surface area contributed by atoms with Gasteiger partial charge in [-0.2, -0.15) is 0 Å². The van der Waals surface area contributed by atoms with E-state index in [0.717, 1.165) is 48.6 Å². The molecule has 0 saturated carbocycles. The molecular formula is C27H28N4OS. The summed E-state index contributed by atoms with van der Waals surface area (Å²) in [6.07, 6.45) is 1.79. The van der Waals surface area contributed by atoms with Crippen molar-refractivity contribution in [2.24, 2.45) is 0 Å². The number of H-pyrrole nitrogens is 1. The minimum atomic E-state index is -0.0242. The van der Waals surface area contributed by atoms with Crippen LogP contribution in [0.15, 0.2) is 89.7 Å². The van der Waals surface area contributed by atoms with Gasteiger partial charge in [-0.25, -0.2) is 4.79 Å². The second-order valence-corrected chi connectivity index (χ2v) is 8.98. The van der Waals surface area contributed by atoms with Crippen molar-refractivity contribution in [2.75, 3.05) is 19.6 Å². The smallest absolute Gasteiger partial charge is 0.326 e. The van der Waals surface area contributed by atoms with Crippen LogP contribution in [0.3, 0.4) is 0 Å². The normalized spacial score (nSPS) is 14.6. The number of imidazole rings is 1. The van der Waals surface area contributed by atoms with Crippen molar-refractivity contribution in [1.29, 1.82) is 0 Å². The van der Waals surface area contributed by atoms with Gasteiger partial charge in [0.1, 0.15) is 0 Å². The molecule has 0 amide bonds. The first-order chi connectivity index (χ1) is 16.2. The molecule has 0 bridgehead atoms. The second kappa shape index (κ2) is 9.63. The standard InChI is InChI=1S/C27H28N4OS/c32-26-29-24-13-7-8-14-25(24)31(26)22-15-17-30(18-16-22)27(33)28-19-23(20-9-3-1-4-10-20)21-11-5-2-6-12-21/h1-14,22-23H,15-19H2,(H,28,33)(H,29,32). The Bertz CT molecular complexity index is 1230. The fourth-order valence-electron chi connectivity index (χ4n) is 4.86. The molecule has 3 aromatic carbocycles. The van der Waals surface area contributed by atoms with Crippen molar-refractivity contribution < 1.29 is 0 Å². The van der Waals surface area contributed by atoms with Crippen molar-refractivity contribution in [3.8, 4) is 0 Å². The molecule has 0 radical (unpaired) electrons. The number of para-hydroxylation sites is 2. The van der Waals surface area contributed by atoms with E-state index in [1.165, 1.54) is 11.1 Å². The molecule has 1 saturated heterocycles. The van der Waals surface area contributed by atoms with Gasteiger partial charge in [-0.05, 0) is 48.3 Å². The molecule has 0 unspecified atom stereocenters. The van der Waals surface area contributed by atoms with Crippen LogP contribution < -0.4 is 11.0 Å². The second-order valence-electron chi connectivity index (χ2n) is 8.60. The Labute approximate surface area is 199 Å². The Hall–Kier alpha value is -3.38. The highest BCUT2D eigenvalue weighted by molar-refractivity contribution is 7.80. The summed E-state index contributed by atoms with van der Waals surface area (Å²) < 4.78 is 1.92. The lowest BCUT2D eigenvalue weighted by molar-refractivity contribution is 0.264. The highest BCUT2D eigenvalue weighted by atomic mass is 32.1. The summed E-state index contributed by atoms with van der Waals surface area (Å²) in [4.78, 5) is 17.8. The summed E-state index contributed by atoms with van der Waals surface area (Å²) in [5.74, 6) is 0.229. The van der Waals surface area contributed by atoms with E-state index in [1.54, 1.807) is 0 Å². The van der Waals surface area contributed by atoms with Crippen LogP contribution in [0.2, 0.25) is 0 Å². The lowest BCUT2D eigenvalue weighted by Crippen LogP contribution is -2.46. The Morgan fingerprint density at radius 3 is 2.12 bits per heavy atom. The van der Waals surface area contributed by atoms with Crippen LogP contribution in [-0.2, 0) is 0 Å². The molecule has 0 aliphatic carbocycles. The van der Waals surface area contributed by atoms with Crippen molar-refractivity contribution in [2.45, 2.75) is 24.8 Å². The molecule has 5 rings (SSSR count). The molecular weight excluding hydrogens is 428 g/mol. The summed E-state index contributed by atoms with van der Waals surface area (Å²) in [6, 6.07) is 29.2. The molecule has 2 N–H and O–H groups in total. The van der Waals surface area contributed by atoms with E-state index in [2.05, 4.69) is 63.7 Å². The molecule has 33 heavy (non-hydrogen) atoms. The largest absolute Gasteiger partial charge is 0.362 e. The zero-order valence-corrected chi connectivity index (χ0v) is 19.3. The van der Waals surface area contributed by atoms with Gasteiger partial charge in [0.15, 0.2) is 5.11 Å². The SMILES string of the molecule is O=c1[nH]c2ccccc2n1C1CCN(C(=S)NCC(c2ccccc2)c2ccccc2)CC1. The lowest BCUT2D eigenvalue weighted by atomic mass is 9.91. The van der Waals surface area contributed by atoms with Gasteiger partial charge in [0.2, 0.25) is 0 Å². The van der Waals surface area contributed by atoms with Crippen molar-refractivity contribution in [3.05, 3.63) is 107 Å². The van der Waals surface area contributed by atoms with Gasteiger partial charge in [-0.15, -0.1) is 0 Å². The Morgan fingerprint density at radius 2 is 1.48 bits per heavy atom. The third-order valence-electron chi connectivity index (χ3n) is 6.60. The first-order valence-corrected chi connectivity index (χ1v) is 11.9. The van der Waals surface area contributed by atoms with Gasteiger partial charge >= 0.3 is 5.69 Å². The van der Waals surface area contributed by atoms with Gasteiger partial charge in [-0.3, -0.25) is 4.57 Å². The molecule has 168 valence electrons. The van der Waals surface area contributed by atoms with E-state index in [9.17, 15) is 4.79 Å². The zero-order valence-electron chi connectivity index (χ0n) is 18.5. The molecule has 0 atom stereocenters. The van der Waals surface area contributed by atoms with E-state index in [1.807, 2.05) is 41.0 Å². The predicted octanol–water partition coefficient (Wildman–Crippen LogP) is 4.67. The van der Waals surface area contributed by atoms with Gasteiger partial charge in [-0.1, -0.05) is 72.8 Å². The maximum atomic E-state index is 12.6. The van der Waals surface area contributed by atoms with Crippen LogP contribution in [0.4, 0.5) is 0 Å². The Balaban J connectivity index is 1.24. The van der Waals surface area contributed by atoms with E-state index in [4.69, 9.17) is 12.2 Å². The highest BCUT2D eigenvalue weighted by Crippen LogP contribution is 2.26. The van der Waals surface area contributed by atoms with E-state index < -0.39 is 0 Å². The average Bonchev–Trinajstić information content (AvgIpc) is 3.21. The van der Waals surface area contributed by atoms with Gasteiger partial charge in [0.25, 0.3) is 0 Å². The van der Waals surface area contributed by atoms with Crippen LogP contribution in [-0.4, -0.2) is 39.2 Å². The molecule has 5 nitrogen and oxygen atoms in total. The number of hydrogen-bond acceptors (Lipinski definition) is 2. The first-order valence-electron chi connectivity index (χ1n) is 11.5. The number of piperidine rings is 1. The van der Waals surface area contributed by atoms with E-state index >= 15 is 0 Å². The third kappa shape index (κ3) is 4.57. The number of thiocarbonyl (C=S) groups is 1. The minimum Gasteiger partial charge on any atom is -0.362 e. The fourth-order valence-corrected chi connectivity index (χ4v) is 5.13. The average molecular weight is 457 g/mol. The monoisotopic (exact) mass is 456 g/mol. The van der Waals surface area contributed by atoms with Gasteiger partial charge < -0.3 is 15.2 Å². The summed E-state index contributed by atoms with van der Waals surface area (Å²) >= 11 is 5.77. The number of hydrogen-bond donors (Lipinski definition) is 2. The number of likely N-dealkylation sites (tertiary alicyclic amines) is 1. The number of nitrogens with one attached hydrogen (secondary N) is 2. The predicted molar refractivity (Wildman–Crippen MR) is 138 cm³/mol. The van der Waals surface area contributed by atoms with Crippen molar-refractivity contribution >= 4 is 28.4 Å². The number of aromatic amines is 1. The zero-order chi connectivity index (χ0) is 22.6. The van der Waals surface area contributed by atoms with Crippen molar-refractivity contribution in [3.63, 3.8) is 0 Å². The Morgan fingerprint density at radius 1 is 0.909 bits per heavy atom. The number of fused-ring (bicyclic) bond motifs is 1. The topological polar surface area (TPSA) is 53.1 Å². The lowest BCUT2D eigenvalue weighted by Gasteiger charge is -2.34. The summed E-state index contributed by atoms with van der Waals surface area (Å²) in [7, 11) is 0. The van der Waals surface area contributed by atoms with Crippen LogP contribution in [0.5, 0.6) is 0 Å². The molecule has 0 spiro atoms. The number of rotatable bonds is 5. The number of benzene rings is 3. The quantitative estimate of drug-likeness (QED) is 0.429. The fraction of sp³-hybridized carbons (Fsp3) is 0.259. The summed E-state index contributed by atoms with van der Waals surface area (Å²) in [5, 5.41) is 4.31. The number of aromatic nitrogens is 2. The van der Waals surface area contributed by atoms with Crippen LogP contribution in [0.25, 0.3) is 11.0 Å². The number of nitrogens with zero attached hydrogens (tertiary/aromatic N) is 2. The van der Waals surface area contributed by atoms with Crippen molar-refractivity contribution in [1.82, 2.24) is 19.8 Å². The molecule has 1 fully saturated rings. The maximum absolute atomic E-state index is 12.6. The molecule has 1 aliphatic rings. The first kappa shape index (κ1) is 21.5. The summed E-state index contributed by atoms with van der Waals surface area (Å²) in [6.45, 7) is 2.42. The van der Waals surface area contributed by atoms with E-state index in [0.29, 0.717) is 0 Å². The third-order valence-corrected chi connectivity index (χ3v) is 7.00. The molecule has 4 aromatic rings. The minimum absolute atomic E-state index is 0.0242. The van der Waals surface area contributed by atoms with Crippen LogP contribution in [0, 0.1) is 0 Å². The van der Waals surface area contributed by atoms with Crippen LogP contribution in [0.1, 0.15) is 35.9 Å².